The fourth-order valence-electron chi connectivity index (χ4n) is 2.27. The van der Waals surface area contributed by atoms with Crippen LogP contribution in [-0.4, -0.2) is 49.6 Å². The van der Waals surface area contributed by atoms with Gasteiger partial charge in [-0.1, -0.05) is 11.6 Å². The van der Waals surface area contributed by atoms with Crippen LogP contribution in [0.4, 0.5) is 0 Å². The number of aryl methyl sites for hydroxylation is 1. The molecule has 0 aromatic heterocycles. The highest BCUT2D eigenvalue weighted by atomic mass is 16.5. The second-order valence-electron chi connectivity index (χ2n) is 5.48. The molecule has 1 saturated heterocycles. The molecule has 0 aliphatic carbocycles. The van der Waals surface area contributed by atoms with E-state index in [0.29, 0.717) is 31.1 Å². The van der Waals surface area contributed by atoms with Gasteiger partial charge >= 0.3 is 0 Å². The van der Waals surface area contributed by atoms with E-state index in [-0.39, 0.29) is 11.9 Å². The van der Waals surface area contributed by atoms with Crippen LogP contribution in [0, 0.1) is 6.92 Å². The lowest BCUT2D eigenvalue weighted by Gasteiger charge is -2.26. The topological polar surface area (TPSA) is 38.8 Å². The largest absolute Gasteiger partial charge is 0.490 e. The van der Waals surface area contributed by atoms with Crippen molar-refractivity contribution in [3.8, 4) is 5.75 Å². The van der Waals surface area contributed by atoms with E-state index in [1.165, 1.54) is 0 Å². The van der Waals surface area contributed by atoms with Gasteiger partial charge in [0.15, 0.2) is 5.78 Å². The fraction of sp³-hybridized carbons (Fsp3) is 0.562. The van der Waals surface area contributed by atoms with Gasteiger partial charge in [0, 0.05) is 13.1 Å². The molecular formula is C16H23NO3. The van der Waals surface area contributed by atoms with Gasteiger partial charge in [-0.05, 0) is 32.9 Å². The third kappa shape index (κ3) is 4.05. The summed E-state index contributed by atoms with van der Waals surface area (Å²) in [5.74, 6) is 0.801. The van der Waals surface area contributed by atoms with Crippen molar-refractivity contribution in [2.24, 2.45) is 0 Å². The molecule has 0 atom stereocenters. The summed E-state index contributed by atoms with van der Waals surface area (Å²) in [5.41, 5.74) is 1.76. The molecule has 0 saturated carbocycles. The van der Waals surface area contributed by atoms with Gasteiger partial charge in [-0.2, -0.15) is 0 Å². The summed E-state index contributed by atoms with van der Waals surface area (Å²) in [6.07, 6.45) is 0.0626. The monoisotopic (exact) mass is 277 g/mol. The number of ether oxygens (including phenoxy) is 2. The Bertz CT molecular complexity index is 465. The molecule has 1 heterocycles. The first-order chi connectivity index (χ1) is 9.56. The lowest BCUT2D eigenvalue weighted by molar-refractivity contribution is 0.0370. The predicted octanol–water partition coefficient (Wildman–Crippen LogP) is 2.30. The van der Waals surface area contributed by atoms with Crippen molar-refractivity contribution in [2.45, 2.75) is 26.9 Å². The van der Waals surface area contributed by atoms with Gasteiger partial charge in [0.1, 0.15) is 5.75 Å². The summed E-state index contributed by atoms with van der Waals surface area (Å²) in [5, 5.41) is 0. The predicted molar refractivity (Wildman–Crippen MR) is 78.5 cm³/mol. The average Bonchev–Trinajstić information content (AvgIpc) is 2.41. The zero-order chi connectivity index (χ0) is 14.5. The number of ketones is 1. The molecule has 4 nitrogen and oxygen atoms in total. The fourth-order valence-corrected chi connectivity index (χ4v) is 2.27. The molecule has 0 unspecified atom stereocenters. The van der Waals surface area contributed by atoms with Gasteiger partial charge in [0.05, 0.1) is 31.4 Å². The van der Waals surface area contributed by atoms with Gasteiger partial charge in [-0.3, -0.25) is 9.69 Å². The molecule has 4 heteroatoms. The van der Waals surface area contributed by atoms with E-state index in [4.69, 9.17) is 9.47 Å². The van der Waals surface area contributed by atoms with E-state index in [2.05, 4.69) is 4.90 Å². The molecule has 2 rings (SSSR count). The maximum absolute atomic E-state index is 12.5. The lowest BCUT2D eigenvalue weighted by Crippen LogP contribution is -2.39. The van der Waals surface area contributed by atoms with Crippen molar-refractivity contribution >= 4 is 5.78 Å². The van der Waals surface area contributed by atoms with Crippen LogP contribution in [0.1, 0.15) is 29.8 Å². The zero-order valence-electron chi connectivity index (χ0n) is 12.5. The van der Waals surface area contributed by atoms with E-state index in [9.17, 15) is 4.79 Å². The van der Waals surface area contributed by atoms with Crippen molar-refractivity contribution < 1.29 is 14.3 Å². The maximum atomic E-state index is 12.5. The number of hydrogen-bond acceptors (Lipinski definition) is 4. The van der Waals surface area contributed by atoms with Crippen LogP contribution in [0.25, 0.3) is 0 Å². The number of rotatable bonds is 5. The van der Waals surface area contributed by atoms with E-state index in [0.717, 1.165) is 18.7 Å². The van der Waals surface area contributed by atoms with Gasteiger partial charge < -0.3 is 9.47 Å². The second-order valence-corrected chi connectivity index (χ2v) is 5.48. The first-order valence-corrected chi connectivity index (χ1v) is 7.17. The molecule has 1 aliphatic rings. The number of carbonyl (C=O) groups is 1. The molecule has 1 aliphatic heterocycles. The number of nitrogens with zero attached hydrogens (tertiary/aromatic N) is 1. The normalized spacial score (nSPS) is 16.4. The van der Waals surface area contributed by atoms with Crippen LogP contribution >= 0.6 is 0 Å². The van der Waals surface area contributed by atoms with Gasteiger partial charge in [-0.15, -0.1) is 0 Å². The minimum absolute atomic E-state index is 0.0626. The minimum atomic E-state index is 0.0626. The molecule has 20 heavy (non-hydrogen) atoms. The van der Waals surface area contributed by atoms with Crippen LogP contribution in [0.5, 0.6) is 5.75 Å². The number of carbonyl (C=O) groups excluding carboxylic acids is 1. The van der Waals surface area contributed by atoms with Crippen molar-refractivity contribution in [1.29, 1.82) is 0 Å². The summed E-state index contributed by atoms with van der Waals surface area (Å²) >= 11 is 0. The number of Topliss-reactive ketones (excluding diaryl/α,β-unsaturated/α-hetero) is 1. The van der Waals surface area contributed by atoms with Crippen molar-refractivity contribution in [1.82, 2.24) is 4.90 Å². The molecule has 1 aromatic rings. The molecule has 0 spiro atoms. The smallest absolute Gasteiger partial charge is 0.180 e. The van der Waals surface area contributed by atoms with Gasteiger partial charge in [0.2, 0.25) is 0 Å². The number of benzene rings is 1. The van der Waals surface area contributed by atoms with E-state index in [1.54, 1.807) is 0 Å². The summed E-state index contributed by atoms with van der Waals surface area (Å²) in [7, 11) is 0. The Morgan fingerprint density at radius 2 is 2.05 bits per heavy atom. The van der Waals surface area contributed by atoms with Gasteiger partial charge in [-0.25, -0.2) is 0 Å². The second kappa shape index (κ2) is 6.86. The molecule has 110 valence electrons. The quantitative estimate of drug-likeness (QED) is 0.774. The van der Waals surface area contributed by atoms with Crippen LogP contribution in [-0.2, 0) is 4.74 Å². The van der Waals surface area contributed by atoms with Crippen LogP contribution in [0.15, 0.2) is 18.2 Å². The first kappa shape index (κ1) is 15.0. The Morgan fingerprint density at radius 1 is 1.35 bits per heavy atom. The highest BCUT2D eigenvalue weighted by molar-refractivity contribution is 6.00. The Balaban J connectivity index is 2.12. The maximum Gasteiger partial charge on any atom is 0.180 e. The van der Waals surface area contributed by atoms with Gasteiger partial charge in [0.25, 0.3) is 0 Å². The van der Waals surface area contributed by atoms with Crippen LogP contribution < -0.4 is 4.74 Å². The molecular weight excluding hydrogens is 254 g/mol. The summed E-state index contributed by atoms with van der Waals surface area (Å²) in [4.78, 5) is 14.6. The SMILES string of the molecule is Cc1ccc(OC(C)C)c(C(=O)CN2CCOCC2)c1. The standard InChI is InChI=1S/C16H23NO3/c1-12(2)20-16-5-4-13(3)10-14(16)15(18)11-17-6-8-19-9-7-17/h4-5,10,12H,6-9,11H2,1-3H3. The van der Waals surface area contributed by atoms with E-state index < -0.39 is 0 Å². The Hall–Kier alpha value is -1.39. The molecule has 1 aromatic carbocycles. The molecule has 0 amide bonds. The Morgan fingerprint density at radius 3 is 2.70 bits per heavy atom. The minimum Gasteiger partial charge on any atom is -0.490 e. The summed E-state index contributed by atoms with van der Waals surface area (Å²) < 4.78 is 11.1. The molecule has 0 N–H and O–H groups in total. The molecule has 1 fully saturated rings. The third-order valence-electron chi connectivity index (χ3n) is 3.27. The van der Waals surface area contributed by atoms with E-state index >= 15 is 0 Å². The zero-order valence-corrected chi connectivity index (χ0v) is 12.5. The highest BCUT2D eigenvalue weighted by Crippen LogP contribution is 2.22. The molecule has 0 radical (unpaired) electrons. The van der Waals surface area contributed by atoms with Crippen LogP contribution in [0.2, 0.25) is 0 Å². The van der Waals surface area contributed by atoms with Crippen molar-refractivity contribution in [3.63, 3.8) is 0 Å². The molecule has 0 bridgehead atoms. The third-order valence-corrected chi connectivity index (χ3v) is 3.27. The lowest BCUT2D eigenvalue weighted by atomic mass is 10.1. The van der Waals surface area contributed by atoms with Crippen molar-refractivity contribution in [2.75, 3.05) is 32.8 Å². The highest BCUT2D eigenvalue weighted by Gasteiger charge is 2.19. The first-order valence-electron chi connectivity index (χ1n) is 7.17. The number of morpholine rings is 1. The summed E-state index contributed by atoms with van der Waals surface area (Å²) in [6, 6.07) is 5.78. The number of hydrogen-bond donors (Lipinski definition) is 0. The average molecular weight is 277 g/mol. The van der Waals surface area contributed by atoms with E-state index in [1.807, 2.05) is 39.0 Å². The Kier molecular flexibility index (Phi) is 5.15. The Labute approximate surface area is 120 Å². The summed E-state index contributed by atoms with van der Waals surface area (Å²) in [6.45, 7) is 9.40. The van der Waals surface area contributed by atoms with Crippen LogP contribution in [0.3, 0.4) is 0 Å². The van der Waals surface area contributed by atoms with Crippen molar-refractivity contribution in [3.05, 3.63) is 29.3 Å².